The third-order valence-electron chi connectivity index (χ3n) is 9.79. The number of hydrogen-bond acceptors (Lipinski definition) is 4. The van der Waals surface area contributed by atoms with E-state index in [1.807, 2.05) is 0 Å². The Labute approximate surface area is 226 Å². The monoisotopic (exact) mass is 554 g/mol. The molecule has 4 aliphatic rings. The van der Waals surface area contributed by atoms with E-state index >= 15 is 0 Å². The Balaban J connectivity index is 1.29. The summed E-state index contributed by atoms with van der Waals surface area (Å²) in [4.78, 5) is 26.7. The summed E-state index contributed by atoms with van der Waals surface area (Å²) in [6.45, 7) is 1.74. The zero-order valence-corrected chi connectivity index (χ0v) is 22.5. The van der Waals surface area contributed by atoms with E-state index < -0.39 is 47.7 Å². The van der Waals surface area contributed by atoms with Crippen LogP contribution in [0.1, 0.15) is 81.5 Å². The van der Waals surface area contributed by atoms with E-state index in [2.05, 4.69) is 17.6 Å². The first-order valence-electron chi connectivity index (χ1n) is 14.2. The van der Waals surface area contributed by atoms with Crippen LogP contribution < -0.4 is 20.1 Å². The summed E-state index contributed by atoms with van der Waals surface area (Å²) in [6, 6.07) is 1.97. The van der Waals surface area contributed by atoms with E-state index in [0.29, 0.717) is 12.3 Å². The maximum atomic E-state index is 14.8. The Kier molecular flexibility index (Phi) is 7.76. The molecule has 1 aromatic carbocycles. The van der Waals surface area contributed by atoms with E-state index in [4.69, 9.17) is 9.47 Å². The Morgan fingerprint density at radius 2 is 1.72 bits per heavy atom. The third kappa shape index (κ3) is 5.44. The molecule has 5 rings (SSSR count). The summed E-state index contributed by atoms with van der Waals surface area (Å²) in [5.74, 6) is -1.48. The smallest absolute Gasteiger partial charge is 0.396 e. The largest absolute Gasteiger partial charge is 0.496 e. The maximum absolute atomic E-state index is 14.8. The van der Waals surface area contributed by atoms with Crippen molar-refractivity contribution in [1.82, 2.24) is 10.6 Å². The second kappa shape index (κ2) is 10.8. The van der Waals surface area contributed by atoms with Crippen molar-refractivity contribution in [2.45, 2.75) is 89.5 Å². The Morgan fingerprint density at radius 1 is 1.03 bits per heavy atom. The van der Waals surface area contributed by atoms with Gasteiger partial charge in [0.2, 0.25) is 5.91 Å². The number of benzene rings is 1. The lowest BCUT2D eigenvalue weighted by atomic mass is 9.68. The van der Waals surface area contributed by atoms with Crippen molar-refractivity contribution < 1.29 is 36.6 Å². The molecule has 1 aromatic rings. The van der Waals surface area contributed by atoms with Crippen LogP contribution in [0.15, 0.2) is 12.1 Å². The molecule has 10 heteroatoms. The van der Waals surface area contributed by atoms with Crippen LogP contribution in [0.3, 0.4) is 0 Å². The Bertz CT molecular complexity index is 1080. The fourth-order valence-electron chi connectivity index (χ4n) is 7.14. The first-order valence-corrected chi connectivity index (χ1v) is 14.2. The molecule has 0 radical (unpaired) electrons. The highest BCUT2D eigenvalue weighted by Crippen LogP contribution is 2.53. The van der Waals surface area contributed by atoms with Crippen molar-refractivity contribution in [2.24, 2.45) is 29.1 Å². The molecule has 0 unspecified atom stereocenters. The number of methoxy groups -OCH3 is 1. The fourth-order valence-corrected chi connectivity index (χ4v) is 7.14. The van der Waals surface area contributed by atoms with Gasteiger partial charge in [-0.25, -0.2) is 4.39 Å². The number of nitrogens with one attached hydrogen (secondary N) is 2. The van der Waals surface area contributed by atoms with Gasteiger partial charge >= 0.3 is 6.18 Å². The van der Waals surface area contributed by atoms with Gasteiger partial charge in [-0.2, -0.15) is 13.2 Å². The van der Waals surface area contributed by atoms with E-state index in [0.717, 1.165) is 51.0 Å². The predicted molar refractivity (Wildman–Crippen MR) is 136 cm³/mol. The van der Waals surface area contributed by atoms with Crippen LogP contribution in [0.2, 0.25) is 0 Å². The molecule has 216 valence electrons. The van der Waals surface area contributed by atoms with Gasteiger partial charge in [-0.1, -0.05) is 13.3 Å². The number of rotatable bonds is 8. The lowest BCUT2D eigenvalue weighted by Crippen LogP contribution is -2.55. The van der Waals surface area contributed by atoms with Crippen molar-refractivity contribution in [3.63, 3.8) is 0 Å². The Morgan fingerprint density at radius 3 is 2.33 bits per heavy atom. The highest BCUT2D eigenvalue weighted by Gasteiger charge is 2.59. The molecular weight excluding hydrogens is 516 g/mol. The third-order valence-corrected chi connectivity index (χ3v) is 9.79. The van der Waals surface area contributed by atoms with E-state index in [1.54, 1.807) is 0 Å². The minimum atomic E-state index is -4.37. The quantitative estimate of drug-likeness (QED) is 0.399. The summed E-state index contributed by atoms with van der Waals surface area (Å²) >= 11 is 0. The maximum Gasteiger partial charge on any atom is 0.396 e. The van der Waals surface area contributed by atoms with Crippen LogP contribution in [0.5, 0.6) is 11.5 Å². The van der Waals surface area contributed by atoms with Crippen LogP contribution in [0, 0.1) is 34.9 Å². The molecule has 2 amide bonds. The zero-order chi connectivity index (χ0) is 27.9. The SMILES string of the molecule is COc1cc(F)c(O[C@H]2CC[C@H](C)CC2)cc1C(=O)N[C@@H]1[C@H]2CC[C@H](C2)[C@@H]1C(=O)NCC1(C(F)(F)F)CCC1. The van der Waals surface area contributed by atoms with Crippen LogP contribution in [0.4, 0.5) is 17.6 Å². The topological polar surface area (TPSA) is 76.7 Å². The van der Waals surface area contributed by atoms with Gasteiger partial charge in [0.05, 0.1) is 30.1 Å². The van der Waals surface area contributed by atoms with Gasteiger partial charge in [-0.05, 0) is 81.6 Å². The van der Waals surface area contributed by atoms with E-state index in [9.17, 15) is 27.2 Å². The van der Waals surface area contributed by atoms with E-state index in [-0.39, 0.29) is 47.8 Å². The number of amides is 2. The second-order valence-electron chi connectivity index (χ2n) is 12.2. The summed E-state index contributed by atoms with van der Waals surface area (Å²) in [6.07, 6.45) is 2.02. The van der Waals surface area contributed by atoms with Crippen LogP contribution in [-0.4, -0.2) is 43.8 Å². The fraction of sp³-hybridized carbons (Fsp3) is 0.724. The summed E-state index contributed by atoms with van der Waals surface area (Å²) in [5, 5.41) is 5.55. The minimum Gasteiger partial charge on any atom is -0.496 e. The number of halogens is 4. The summed E-state index contributed by atoms with van der Waals surface area (Å²) < 4.78 is 66.9. The molecule has 4 saturated carbocycles. The standard InChI is InChI=1S/C29H38F4N2O4/c1-16-4-8-19(9-5-16)39-23-13-20(22(38-2)14-21(23)30)26(36)35-25-18-7-6-17(12-18)24(25)27(37)34-15-28(10-3-11-28)29(31,32)33/h13-14,16-19,24-25H,3-12,15H2,1-2H3,(H,34,37)(H,35,36)/t16-,17-,18+,19-,24+,25-/m1/s1. The average molecular weight is 555 g/mol. The van der Waals surface area contributed by atoms with Crippen LogP contribution >= 0.6 is 0 Å². The summed E-state index contributed by atoms with van der Waals surface area (Å²) in [7, 11) is 1.35. The molecule has 0 heterocycles. The molecular formula is C29H38F4N2O4. The molecule has 2 bridgehead atoms. The van der Waals surface area contributed by atoms with Crippen molar-refractivity contribution >= 4 is 11.8 Å². The van der Waals surface area contributed by atoms with Gasteiger partial charge in [0, 0.05) is 18.7 Å². The Hall–Kier alpha value is -2.52. The second-order valence-corrected chi connectivity index (χ2v) is 12.2. The molecule has 4 fully saturated rings. The highest BCUT2D eigenvalue weighted by atomic mass is 19.4. The van der Waals surface area contributed by atoms with E-state index in [1.165, 1.54) is 13.2 Å². The van der Waals surface area contributed by atoms with Crippen molar-refractivity contribution in [2.75, 3.05) is 13.7 Å². The molecule has 2 N–H and O–H groups in total. The van der Waals surface area contributed by atoms with Crippen molar-refractivity contribution in [1.29, 1.82) is 0 Å². The van der Waals surface area contributed by atoms with Gasteiger partial charge in [-0.15, -0.1) is 0 Å². The molecule has 0 spiro atoms. The lowest BCUT2D eigenvalue weighted by molar-refractivity contribution is -0.248. The highest BCUT2D eigenvalue weighted by molar-refractivity contribution is 5.98. The minimum absolute atomic E-state index is 0.00577. The van der Waals surface area contributed by atoms with Crippen LogP contribution in [-0.2, 0) is 4.79 Å². The predicted octanol–water partition coefficient (Wildman–Crippen LogP) is 5.79. The van der Waals surface area contributed by atoms with Gasteiger partial charge < -0.3 is 20.1 Å². The normalized spacial score (nSPS) is 31.3. The molecule has 4 atom stereocenters. The molecule has 0 aliphatic heterocycles. The average Bonchev–Trinajstić information content (AvgIpc) is 3.46. The first-order chi connectivity index (χ1) is 18.5. The summed E-state index contributed by atoms with van der Waals surface area (Å²) in [5.41, 5.74) is -1.75. The van der Waals surface area contributed by atoms with Crippen molar-refractivity contribution in [3.8, 4) is 11.5 Å². The van der Waals surface area contributed by atoms with Gasteiger partial charge in [-0.3, -0.25) is 9.59 Å². The number of carbonyl (C=O) groups excluding carboxylic acids is 2. The molecule has 0 aromatic heterocycles. The molecule has 6 nitrogen and oxygen atoms in total. The molecule has 4 aliphatic carbocycles. The number of hydrogen-bond donors (Lipinski definition) is 2. The molecule has 0 saturated heterocycles. The number of fused-ring (bicyclic) bond motifs is 2. The van der Waals surface area contributed by atoms with Crippen LogP contribution in [0.25, 0.3) is 0 Å². The van der Waals surface area contributed by atoms with Crippen molar-refractivity contribution in [3.05, 3.63) is 23.5 Å². The van der Waals surface area contributed by atoms with Gasteiger partial charge in [0.1, 0.15) is 5.75 Å². The first kappa shape index (κ1) is 28.0. The van der Waals surface area contributed by atoms with Gasteiger partial charge in [0.15, 0.2) is 11.6 Å². The number of ether oxygens (including phenoxy) is 2. The number of alkyl halides is 3. The lowest BCUT2D eigenvalue weighted by Gasteiger charge is -2.43. The van der Waals surface area contributed by atoms with Gasteiger partial charge in [0.25, 0.3) is 5.91 Å². The number of carbonyl (C=O) groups is 2. The molecule has 39 heavy (non-hydrogen) atoms. The zero-order valence-electron chi connectivity index (χ0n) is 22.5.